The summed E-state index contributed by atoms with van der Waals surface area (Å²) in [4.78, 5) is 35.1. The average Bonchev–Trinajstić information content (AvgIpc) is 2.49. The minimum Gasteiger partial charge on any atom is -0.496 e. The number of esters is 1. The van der Waals surface area contributed by atoms with E-state index in [0.29, 0.717) is 6.54 Å². The first-order valence-electron chi connectivity index (χ1n) is 6.72. The van der Waals surface area contributed by atoms with Gasteiger partial charge in [0.05, 0.1) is 17.8 Å². The molecular weight excluding hydrogens is 326 g/mol. The molecule has 0 radical (unpaired) electrons. The number of nitrogens with two attached hydrogens (primary N) is 1. The normalized spacial score (nSPS) is 11.3. The highest BCUT2D eigenvalue weighted by atomic mass is 35.5. The minimum absolute atomic E-state index is 0.0179. The molecule has 1 aromatic rings. The lowest BCUT2D eigenvalue weighted by Crippen LogP contribution is -2.44. The molecule has 9 heteroatoms. The third-order valence-corrected chi connectivity index (χ3v) is 3.09. The van der Waals surface area contributed by atoms with Gasteiger partial charge in [-0.05, 0) is 19.9 Å². The summed E-state index contributed by atoms with van der Waals surface area (Å²) >= 11 is 5.87. The van der Waals surface area contributed by atoms with Crippen molar-refractivity contribution in [2.45, 2.75) is 20.0 Å². The number of hydrogen-bond donors (Lipinski definition) is 3. The summed E-state index contributed by atoms with van der Waals surface area (Å²) in [6.45, 7) is 3.39. The van der Waals surface area contributed by atoms with Crippen LogP contribution in [0.15, 0.2) is 12.1 Å². The fourth-order valence-corrected chi connectivity index (χ4v) is 1.76. The molecule has 0 saturated carbocycles. The predicted molar refractivity (Wildman–Crippen MR) is 84.5 cm³/mol. The van der Waals surface area contributed by atoms with Crippen LogP contribution in [0.1, 0.15) is 24.2 Å². The van der Waals surface area contributed by atoms with Crippen LogP contribution in [0.4, 0.5) is 10.5 Å². The number of rotatable bonds is 5. The van der Waals surface area contributed by atoms with Gasteiger partial charge in [0.2, 0.25) is 0 Å². The fraction of sp³-hybridized carbons (Fsp3) is 0.357. The van der Waals surface area contributed by atoms with Gasteiger partial charge in [-0.15, -0.1) is 0 Å². The maximum atomic E-state index is 12.1. The van der Waals surface area contributed by atoms with E-state index in [0.717, 1.165) is 0 Å². The highest BCUT2D eigenvalue weighted by molar-refractivity contribution is 6.33. The Morgan fingerprint density at radius 1 is 1.35 bits per heavy atom. The van der Waals surface area contributed by atoms with Crippen molar-refractivity contribution in [1.29, 1.82) is 0 Å². The first kappa shape index (κ1) is 18.6. The Bertz CT molecular complexity index is 621. The van der Waals surface area contributed by atoms with E-state index < -0.39 is 24.0 Å². The maximum absolute atomic E-state index is 12.1. The molecule has 0 aliphatic heterocycles. The molecule has 0 aromatic heterocycles. The number of benzene rings is 1. The minimum atomic E-state index is -1.19. The highest BCUT2D eigenvalue weighted by Crippen LogP contribution is 2.29. The number of ether oxygens (including phenoxy) is 2. The molecule has 4 N–H and O–H groups in total. The van der Waals surface area contributed by atoms with Gasteiger partial charge in [0, 0.05) is 12.6 Å². The summed E-state index contributed by atoms with van der Waals surface area (Å²) < 4.78 is 10.0. The van der Waals surface area contributed by atoms with Crippen molar-refractivity contribution in [2.75, 3.05) is 19.4 Å². The smallest absolute Gasteiger partial charge is 0.342 e. The van der Waals surface area contributed by atoms with Crippen molar-refractivity contribution in [3.63, 3.8) is 0 Å². The van der Waals surface area contributed by atoms with Gasteiger partial charge in [-0.3, -0.25) is 10.1 Å². The second kappa shape index (κ2) is 8.23. The second-order valence-electron chi connectivity index (χ2n) is 4.47. The van der Waals surface area contributed by atoms with Gasteiger partial charge in [0.25, 0.3) is 5.91 Å². The number of imide groups is 1. The molecular formula is C14H18ClN3O5. The van der Waals surface area contributed by atoms with Gasteiger partial charge in [0.15, 0.2) is 6.10 Å². The number of carbonyl (C=O) groups is 3. The van der Waals surface area contributed by atoms with Crippen LogP contribution >= 0.6 is 11.6 Å². The molecule has 8 nitrogen and oxygen atoms in total. The van der Waals surface area contributed by atoms with E-state index in [-0.39, 0.29) is 22.0 Å². The Labute approximate surface area is 138 Å². The summed E-state index contributed by atoms with van der Waals surface area (Å²) in [5, 5.41) is 4.58. The number of hydrogen-bond acceptors (Lipinski definition) is 6. The van der Waals surface area contributed by atoms with Gasteiger partial charge < -0.3 is 20.5 Å². The van der Waals surface area contributed by atoms with E-state index >= 15 is 0 Å². The van der Waals surface area contributed by atoms with Gasteiger partial charge in [0.1, 0.15) is 11.3 Å². The van der Waals surface area contributed by atoms with Crippen LogP contribution in [0.3, 0.4) is 0 Å². The molecule has 1 aromatic carbocycles. The quantitative estimate of drug-likeness (QED) is 0.548. The molecule has 0 heterocycles. The van der Waals surface area contributed by atoms with Crippen molar-refractivity contribution in [2.24, 2.45) is 0 Å². The number of urea groups is 1. The van der Waals surface area contributed by atoms with Crippen molar-refractivity contribution in [3.05, 3.63) is 22.7 Å². The number of carbonyl (C=O) groups excluding carboxylic acids is 3. The number of nitrogen functional groups attached to an aromatic ring is 1. The van der Waals surface area contributed by atoms with E-state index in [2.05, 4.69) is 5.32 Å². The number of anilines is 1. The number of methoxy groups -OCH3 is 1. The SMILES string of the molecule is CCNC(=O)NC(=O)[C@@H](C)OC(=O)c1cc(Cl)c(N)cc1OC. The maximum Gasteiger partial charge on any atom is 0.342 e. The van der Waals surface area contributed by atoms with Gasteiger partial charge in [-0.1, -0.05) is 11.6 Å². The van der Waals surface area contributed by atoms with E-state index in [9.17, 15) is 14.4 Å². The topological polar surface area (TPSA) is 120 Å². The Balaban J connectivity index is 2.81. The van der Waals surface area contributed by atoms with E-state index in [1.807, 2.05) is 5.32 Å². The lowest BCUT2D eigenvalue weighted by molar-refractivity contribution is -0.127. The van der Waals surface area contributed by atoms with Crippen LogP contribution in [0.5, 0.6) is 5.75 Å². The summed E-state index contributed by atoms with van der Waals surface area (Å²) in [6.07, 6.45) is -1.19. The van der Waals surface area contributed by atoms with Crippen LogP contribution < -0.4 is 21.1 Å². The number of amides is 3. The molecule has 0 bridgehead atoms. The molecule has 0 aliphatic carbocycles. The molecule has 126 valence electrons. The number of halogens is 1. The molecule has 0 spiro atoms. The fourth-order valence-electron chi connectivity index (χ4n) is 1.59. The summed E-state index contributed by atoms with van der Waals surface area (Å²) in [5.41, 5.74) is 5.88. The van der Waals surface area contributed by atoms with Gasteiger partial charge in [-0.2, -0.15) is 0 Å². The lowest BCUT2D eigenvalue weighted by Gasteiger charge is -2.15. The predicted octanol–water partition coefficient (Wildman–Crippen LogP) is 1.32. The van der Waals surface area contributed by atoms with Crippen molar-refractivity contribution in [1.82, 2.24) is 10.6 Å². The summed E-state index contributed by atoms with van der Waals surface area (Å²) in [7, 11) is 1.35. The molecule has 0 unspecified atom stereocenters. The molecule has 0 saturated heterocycles. The third kappa shape index (κ3) is 5.03. The zero-order valence-corrected chi connectivity index (χ0v) is 13.7. The molecule has 1 atom stereocenters. The van der Waals surface area contributed by atoms with Crippen LogP contribution in [0, 0.1) is 0 Å². The first-order chi connectivity index (χ1) is 10.8. The van der Waals surface area contributed by atoms with Crippen molar-refractivity contribution in [3.8, 4) is 5.75 Å². The van der Waals surface area contributed by atoms with Crippen LogP contribution in [0.25, 0.3) is 0 Å². The molecule has 3 amide bonds. The Morgan fingerprint density at radius 3 is 2.57 bits per heavy atom. The van der Waals surface area contributed by atoms with E-state index in [1.165, 1.54) is 26.2 Å². The molecule has 0 aliphatic rings. The van der Waals surface area contributed by atoms with Crippen LogP contribution in [-0.4, -0.2) is 37.7 Å². The number of nitrogens with one attached hydrogen (secondary N) is 2. The van der Waals surface area contributed by atoms with Crippen molar-refractivity contribution < 1.29 is 23.9 Å². The van der Waals surface area contributed by atoms with Gasteiger partial charge in [-0.25, -0.2) is 9.59 Å². The Morgan fingerprint density at radius 2 is 2.00 bits per heavy atom. The van der Waals surface area contributed by atoms with Crippen LogP contribution in [-0.2, 0) is 9.53 Å². The Kier molecular flexibility index (Phi) is 6.65. The van der Waals surface area contributed by atoms with Gasteiger partial charge >= 0.3 is 12.0 Å². The standard InChI is InChI=1S/C14H18ClN3O5/c1-4-17-14(21)18-12(19)7(2)23-13(20)8-5-9(15)10(16)6-11(8)22-3/h5-7H,4,16H2,1-3H3,(H2,17,18,19,21)/t7-/m1/s1. The summed E-state index contributed by atoms with van der Waals surface area (Å²) in [5.74, 6) is -1.43. The van der Waals surface area contributed by atoms with Crippen molar-refractivity contribution >= 4 is 35.2 Å². The Hall–Kier alpha value is -2.48. The second-order valence-corrected chi connectivity index (χ2v) is 4.88. The van der Waals surface area contributed by atoms with E-state index in [4.69, 9.17) is 26.8 Å². The zero-order valence-electron chi connectivity index (χ0n) is 12.9. The first-order valence-corrected chi connectivity index (χ1v) is 7.10. The summed E-state index contributed by atoms with van der Waals surface area (Å²) in [6, 6.07) is 1.98. The van der Waals surface area contributed by atoms with Crippen LogP contribution in [0.2, 0.25) is 5.02 Å². The molecule has 0 fully saturated rings. The lowest BCUT2D eigenvalue weighted by atomic mass is 10.2. The highest BCUT2D eigenvalue weighted by Gasteiger charge is 2.23. The monoisotopic (exact) mass is 343 g/mol. The molecule has 23 heavy (non-hydrogen) atoms. The third-order valence-electron chi connectivity index (χ3n) is 2.77. The molecule has 1 rings (SSSR count). The zero-order chi connectivity index (χ0) is 17.6. The average molecular weight is 344 g/mol. The largest absolute Gasteiger partial charge is 0.496 e. The van der Waals surface area contributed by atoms with E-state index in [1.54, 1.807) is 6.92 Å².